The monoisotopic (exact) mass is 400 g/mol. The summed E-state index contributed by atoms with van der Waals surface area (Å²) in [6.07, 6.45) is 3.65. The van der Waals surface area contributed by atoms with E-state index in [2.05, 4.69) is 4.72 Å². The Kier molecular flexibility index (Phi) is 5.15. The van der Waals surface area contributed by atoms with E-state index >= 15 is 0 Å². The van der Waals surface area contributed by atoms with Crippen molar-refractivity contribution in [2.45, 2.75) is 54.8 Å². The maximum Gasteiger partial charge on any atom is 0.241 e. The predicted molar refractivity (Wildman–Crippen MR) is 97.9 cm³/mol. The Labute approximate surface area is 154 Å². The van der Waals surface area contributed by atoms with Gasteiger partial charge >= 0.3 is 0 Å². The van der Waals surface area contributed by atoms with Gasteiger partial charge < -0.3 is 4.90 Å². The van der Waals surface area contributed by atoms with Crippen LogP contribution in [-0.4, -0.2) is 57.8 Å². The number of piperidine rings is 1. The molecule has 0 saturated carbocycles. The lowest BCUT2D eigenvalue weighted by atomic mass is 10.0. The molecule has 1 N–H and O–H groups in total. The number of nitrogens with one attached hydrogen (secondary N) is 1. The molecule has 9 heteroatoms. The minimum absolute atomic E-state index is 0.121. The van der Waals surface area contributed by atoms with Crippen LogP contribution in [0.5, 0.6) is 0 Å². The molecule has 7 nitrogen and oxygen atoms in total. The van der Waals surface area contributed by atoms with Gasteiger partial charge in [-0.15, -0.1) is 0 Å². The highest BCUT2D eigenvalue weighted by atomic mass is 32.2. The van der Waals surface area contributed by atoms with E-state index in [4.69, 9.17) is 0 Å². The van der Waals surface area contributed by atoms with Crippen LogP contribution < -0.4 is 4.72 Å². The normalized spacial score (nSPS) is 26.1. The van der Waals surface area contributed by atoms with Crippen molar-refractivity contribution in [2.24, 2.45) is 0 Å². The Morgan fingerprint density at radius 3 is 2.31 bits per heavy atom. The molecule has 2 saturated heterocycles. The van der Waals surface area contributed by atoms with Crippen molar-refractivity contribution in [1.29, 1.82) is 0 Å². The SMILES string of the molecule is Cc1cccc(S(=O)(=O)NCC(=O)N2C3CCC2CC(S(C)(=O)=O)C3)c1. The predicted octanol–water partition coefficient (Wildman–Crippen LogP) is 0.840. The largest absolute Gasteiger partial charge is 0.336 e. The number of carbonyl (C=O) groups excluding carboxylic acids is 1. The van der Waals surface area contributed by atoms with Gasteiger partial charge in [-0.1, -0.05) is 12.1 Å². The molecule has 2 fully saturated rings. The third-order valence-electron chi connectivity index (χ3n) is 5.30. The number of fused-ring (bicyclic) bond motifs is 2. The second-order valence-electron chi connectivity index (χ2n) is 7.25. The number of sulfone groups is 1. The van der Waals surface area contributed by atoms with Crippen molar-refractivity contribution in [3.8, 4) is 0 Å². The lowest BCUT2D eigenvalue weighted by Crippen LogP contribution is -2.52. The third kappa shape index (κ3) is 3.94. The molecule has 26 heavy (non-hydrogen) atoms. The van der Waals surface area contributed by atoms with Crippen molar-refractivity contribution in [2.75, 3.05) is 12.8 Å². The molecular weight excluding hydrogens is 376 g/mol. The molecule has 2 aliphatic rings. The summed E-state index contributed by atoms with van der Waals surface area (Å²) in [5.74, 6) is -0.291. The molecule has 0 spiro atoms. The molecule has 2 atom stereocenters. The van der Waals surface area contributed by atoms with E-state index in [1.165, 1.54) is 12.3 Å². The lowest BCUT2D eigenvalue weighted by molar-refractivity contribution is -0.134. The van der Waals surface area contributed by atoms with Crippen molar-refractivity contribution in [3.05, 3.63) is 29.8 Å². The van der Waals surface area contributed by atoms with Crippen LogP contribution in [0.15, 0.2) is 29.2 Å². The number of sulfonamides is 1. The van der Waals surface area contributed by atoms with Gasteiger partial charge in [0.1, 0.15) is 9.84 Å². The number of carbonyl (C=O) groups is 1. The van der Waals surface area contributed by atoms with Crippen LogP contribution in [0.2, 0.25) is 0 Å². The van der Waals surface area contributed by atoms with Crippen LogP contribution in [0, 0.1) is 6.92 Å². The van der Waals surface area contributed by atoms with Gasteiger partial charge in [0.2, 0.25) is 15.9 Å². The fraction of sp³-hybridized carbons (Fsp3) is 0.588. The fourth-order valence-electron chi connectivity index (χ4n) is 4.00. The van der Waals surface area contributed by atoms with Gasteiger partial charge in [-0.25, -0.2) is 21.6 Å². The van der Waals surface area contributed by atoms with E-state index in [9.17, 15) is 21.6 Å². The summed E-state index contributed by atoms with van der Waals surface area (Å²) in [4.78, 5) is 14.4. The van der Waals surface area contributed by atoms with Crippen LogP contribution in [0.25, 0.3) is 0 Å². The number of hydrogen-bond acceptors (Lipinski definition) is 5. The van der Waals surface area contributed by atoms with Crippen molar-refractivity contribution < 1.29 is 21.6 Å². The van der Waals surface area contributed by atoms with E-state index in [0.717, 1.165) is 18.4 Å². The summed E-state index contributed by atoms with van der Waals surface area (Å²) < 4.78 is 50.8. The first-order valence-electron chi connectivity index (χ1n) is 8.64. The maximum absolute atomic E-state index is 12.6. The van der Waals surface area contributed by atoms with Gasteiger partial charge in [-0.05, 0) is 50.3 Å². The van der Waals surface area contributed by atoms with Gasteiger partial charge in [-0.3, -0.25) is 4.79 Å². The lowest BCUT2D eigenvalue weighted by Gasteiger charge is -2.38. The zero-order valence-electron chi connectivity index (χ0n) is 14.9. The molecule has 1 aromatic carbocycles. The van der Waals surface area contributed by atoms with Crippen molar-refractivity contribution >= 4 is 25.8 Å². The molecule has 2 bridgehead atoms. The number of rotatable bonds is 5. The fourth-order valence-corrected chi connectivity index (χ4v) is 6.22. The zero-order chi connectivity index (χ0) is 19.1. The van der Waals surface area contributed by atoms with Crippen LogP contribution in [0.4, 0.5) is 0 Å². The number of nitrogens with zero attached hydrogens (tertiary/aromatic N) is 1. The van der Waals surface area contributed by atoms with E-state index < -0.39 is 25.1 Å². The van der Waals surface area contributed by atoms with Crippen LogP contribution in [-0.2, 0) is 24.7 Å². The quantitative estimate of drug-likeness (QED) is 0.789. The van der Waals surface area contributed by atoms with Gasteiger partial charge in [-0.2, -0.15) is 0 Å². The molecule has 2 aliphatic heterocycles. The molecule has 144 valence electrons. The molecule has 3 rings (SSSR count). The highest BCUT2D eigenvalue weighted by molar-refractivity contribution is 7.91. The second kappa shape index (κ2) is 6.94. The van der Waals surface area contributed by atoms with E-state index in [0.29, 0.717) is 12.8 Å². The van der Waals surface area contributed by atoms with Crippen molar-refractivity contribution in [3.63, 3.8) is 0 Å². The third-order valence-corrected chi connectivity index (χ3v) is 8.29. The molecule has 0 radical (unpaired) electrons. The molecule has 0 aliphatic carbocycles. The number of benzene rings is 1. The maximum atomic E-state index is 12.6. The molecule has 1 aromatic rings. The Bertz CT molecular complexity index is 897. The number of hydrogen-bond donors (Lipinski definition) is 1. The Morgan fingerprint density at radius 1 is 1.15 bits per heavy atom. The number of amides is 1. The van der Waals surface area contributed by atoms with Gasteiger partial charge in [0, 0.05) is 18.3 Å². The van der Waals surface area contributed by atoms with E-state index in [-0.39, 0.29) is 29.4 Å². The van der Waals surface area contributed by atoms with Crippen molar-refractivity contribution in [1.82, 2.24) is 9.62 Å². The highest BCUT2D eigenvalue weighted by Crippen LogP contribution is 2.38. The highest BCUT2D eigenvalue weighted by Gasteiger charge is 2.45. The average Bonchev–Trinajstić information content (AvgIpc) is 2.81. The molecule has 2 unspecified atom stereocenters. The minimum atomic E-state index is -3.76. The zero-order valence-corrected chi connectivity index (χ0v) is 16.5. The van der Waals surface area contributed by atoms with Crippen LogP contribution in [0.3, 0.4) is 0 Å². The van der Waals surface area contributed by atoms with Gasteiger partial charge in [0.25, 0.3) is 0 Å². The molecule has 1 amide bonds. The summed E-state index contributed by atoms with van der Waals surface area (Å²) >= 11 is 0. The summed E-state index contributed by atoms with van der Waals surface area (Å²) in [5, 5.41) is -0.409. The van der Waals surface area contributed by atoms with Gasteiger partial charge in [0.05, 0.1) is 16.7 Å². The first-order valence-corrected chi connectivity index (χ1v) is 12.1. The first-order chi connectivity index (χ1) is 12.1. The van der Waals surface area contributed by atoms with Crippen LogP contribution >= 0.6 is 0 Å². The van der Waals surface area contributed by atoms with Crippen LogP contribution in [0.1, 0.15) is 31.2 Å². The van der Waals surface area contributed by atoms with E-state index in [1.807, 2.05) is 0 Å². The average molecular weight is 401 g/mol. The molecule has 0 aromatic heterocycles. The van der Waals surface area contributed by atoms with E-state index in [1.54, 1.807) is 30.0 Å². The first kappa shape index (κ1) is 19.3. The summed E-state index contributed by atoms with van der Waals surface area (Å²) in [5.41, 5.74) is 0.820. The van der Waals surface area contributed by atoms with Gasteiger partial charge in [0.15, 0.2) is 0 Å². The standard InChI is InChI=1S/C17H24N2O5S2/c1-12-4-3-5-15(8-12)26(23,24)18-11-17(20)19-13-6-7-14(19)10-16(9-13)25(2,21)22/h3-5,8,13-14,16,18H,6-7,9-11H2,1-2H3. The molecule has 2 heterocycles. The number of aryl methyl sites for hydroxylation is 1. The summed E-state index contributed by atoms with van der Waals surface area (Å²) in [6, 6.07) is 6.25. The summed E-state index contributed by atoms with van der Waals surface area (Å²) in [7, 11) is -6.88. The minimum Gasteiger partial charge on any atom is -0.336 e. The smallest absolute Gasteiger partial charge is 0.241 e. The molecular formula is C17H24N2O5S2. The Hall–Kier alpha value is -1.45. The Morgan fingerprint density at radius 2 is 1.77 bits per heavy atom. The Balaban J connectivity index is 1.66. The summed E-state index contributed by atoms with van der Waals surface area (Å²) in [6.45, 7) is 1.49. The topological polar surface area (TPSA) is 101 Å². The second-order valence-corrected chi connectivity index (χ2v) is 11.3.